The van der Waals surface area contributed by atoms with Crippen LogP contribution in [0.2, 0.25) is 10.0 Å². The predicted octanol–water partition coefficient (Wildman–Crippen LogP) is 10.6. The number of carbonyl (C=O) groups excluding carboxylic acids is 1. The number of halogens is 2. The number of rotatable bonds is 6. The predicted molar refractivity (Wildman–Crippen MR) is 242 cm³/mol. The fraction of sp³-hybridized carbons (Fsp3) is 0.349. The van der Waals surface area contributed by atoms with E-state index in [0.717, 1.165) is 66.5 Å². The molecule has 0 saturated heterocycles. The van der Waals surface area contributed by atoms with Gasteiger partial charge in [0.05, 0.1) is 24.3 Å². The molecule has 59 heavy (non-hydrogen) atoms. The molecule has 6 heterocycles. The summed E-state index contributed by atoms with van der Waals surface area (Å²) in [5, 5.41) is 29.7. The van der Waals surface area contributed by atoms with Gasteiger partial charge in [0.1, 0.15) is 33.7 Å². The number of nitrogens with two attached hydrogens (primary N) is 1. The Hall–Kier alpha value is -5.02. The summed E-state index contributed by atoms with van der Waals surface area (Å²) in [7, 11) is 0. The summed E-state index contributed by atoms with van der Waals surface area (Å²) >= 11 is 15.4. The second-order valence-corrected chi connectivity index (χ2v) is 16.4. The van der Waals surface area contributed by atoms with Gasteiger partial charge in [-0.25, -0.2) is 0 Å². The number of aromatic nitrogens is 6. The minimum absolute atomic E-state index is 0. The van der Waals surface area contributed by atoms with Gasteiger partial charge in [0.2, 0.25) is 5.91 Å². The maximum atomic E-state index is 11.7. The Morgan fingerprint density at radius 1 is 0.644 bits per heavy atom. The Balaban J connectivity index is 0.000000237. The maximum Gasteiger partial charge on any atom is 0.306 e. The fourth-order valence-corrected chi connectivity index (χ4v) is 9.30. The number of carbonyl (C=O) groups is 2. The molecule has 6 aromatic rings. The van der Waals surface area contributed by atoms with Crippen LogP contribution in [-0.4, -0.2) is 57.9 Å². The number of hydrogen-bond donors (Lipinski definition) is 2. The molecule has 2 atom stereocenters. The standard InChI is InChI=1S/C19H18ClN5OS.C19H17ClN4O2S.2C2H6.CH4/c1-9-10(2)27-19-16(9)17(12-4-6-13(20)7-5-12)22-14(8-15(21)26)18-24-23-11(3)25(18)19;1-9-10(2)27-19-16(9)17(12-4-6-13(20)7-5-12)21-14(8-15(25)26)18-23-22-11(3)24(18)19;2*1-2;/h4-7,14H,8H2,1-3H3,(H2,21,26);4-7,14H,8H2,1-3H3,(H,25,26);2*1-2H3;1H4. The molecule has 0 aliphatic carbocycles. The number of thiophene rings is 2. The Kier molecular flexibility index (Phi) is 15.7. The third-order valence-corrected chi connectivity index (χ3v) is 12.4. The van der Waals surface area contributed by atoms with E-state index in [1.54, 1.807) is 22.7 Å². The van der Waals surface area contributed by atoms with Gasteiger partial charge in [-0.05, 0) is 76.9 Å². The van der Waals surface area contributed by atoms with Gasteiger partial charge in [-0.15, -0.1) is 43.1 Å². The molecule has 312 valence electrons. The largest absolute Gasteiger partial charge is 0.481 e. The number of fused-ring (bicyclic) bond motifs is 6. The lowest BCUT2D eigenvalue weighted by molar-refractivity contribution is -0.137. The molecule has 0 radical (unpaired) electrons. The van der Waals surface area contributed by atoms with Gasteiger partial charge in [0, 0.05) is 42.1 Å². The Bertz CT molecular complexity index is 2340. The van der Waals surface area contributed by atoms with Crippen LogP contribution in [0.3, 0.4) is 0 Å². The second kappa shape index (κ2) is 19.8. The Labute approximate surface area is 363 Å². The molecule has 0 spiro atoms. The van der Waals surface area contributed by atoms with E-state index in [-0.39, 0.29) is 20.3 Å². The Morgan fingerprint density at radius 2 is 1.00 bits per heavy atom. The van der Waals surface area contributed by atoms with Crippen molar-refractivity contribution in [2.75, 3.05) is 0 Å². The van der Waals surface area contributed by atoms with Gasteiger partial charge in [0.25, 0.3) is 0 Å². The van der Waals surface area contributed by atoms with E-state index in [1.165, 1.54) is 9.75 Å². The van der Waals surface area contributed by atoms with Crippen molar-refractivity contribution in [1.82, 2.24) is 29.5 Å². The summed E-state index contributed by atoms with van der Waals surface area (Å²) in [6.07, 6.45) is -0.0790. The minimum atomic E-state index is -0.926. The van der Waals surface area contributed by atoms with Gasteiger partial charge >= 0.3 is 5.97 Å². The first-order valence-electron chi connectivity index (χ1n) is 19.0. The first-order chi connectivity index (χ1) is 27.7. The van der Waals surface area contributed by atoms with Crippen molar-refractivity contribution in [3.05, 3.63) is 125 Å². The van der Waals surface area contributed by atoms with Crippen molar-refractivity contribution in [3.63, 3.8) is 0 Å². The summed E-state index contributed by atoms with van der Waals surface area (Å²) in [6, 6.07) is 13.9. The van der Waals surface area contributed by atoms with E-state index >= 15 is 0 Å². The fourth-order valence-electron chi connectivity index (χ4n) is 6.62. The van der Waals surface area contributed by atoms with Crippen LogP contribution in [-0.2, 0) is 9.59 Å². The van der Waals surface area contributed by atoms with Gasteiger partial charge in [0.15, 0.2) is 11.6 Å². The van der Waals surface area contributed by atoms with Crippen molar-refractivity contribution >= 4 is 69.2 Å². The van der Waals surface area contributed by atoms with Crippen LogP contribution in [0.4, 0.5) is 0 Å². The molecular weight excluding hydrogens is 826 g/mol. The number of aliphatic carboxylic acids is 1. The first kappa shape index (κ1) is 46.7. The molecule has 8 rings (SSSR count). The molecular formula is C43H51Cl2N9O3S2. The lowest BCUT2D eigenvalue weighted by Crippen LogP contribution is -2.17. The summed E-state index contributed by atoms with van der Waals surface area (Å²) < 4.78 is 3.94. The highest BCUT2D eigenvalue weighted by Gasteiger charge is 2.34. The smallest absolute Gasteiger partial charge is 0.306 e. The number of aryl methyl sites for hydroxylation is 4. The lowest BCUT2D eigenvalue weighted by Gasteiger charge is -2.11. The number of amides is 1. The summed E-state index contributed by atoms with van der Waals surface area (Å²) in [6.45, 7) is 20.1. The zero-order chi connectivity index (χ0) is 42.6. The number of benzene rings is 2. The van der Waals surface area contributed by atoms with Crippen molar-refractivity contribution in [1.29, 1.82) is 0 Å². The molecule has 2 aliphatic rings. The second-order valence-electron chi connectivity index (χ2n) is 13.1. The van der Waals surface area contributed by atoms with E-state index in [2.05, 4.69) is 48.1 Å². The van der Waals surface area contributed by atoms with Crippen molar-refractivity contribution in [2.24, 2.45) is 15.7 Å². The average Bonchev–Trinajstić information content (AvgIpc) is 3.89. The number of hydrogen-bond acceptors (Lipinski definition) is 10. The van der Waals surface area contributed by atoms with Crippen molar-refractivity contribution in [3.8, 4) is 10.0 Å². The third kappa shape index (κ3) is 9.41. The van der Waals surface area contributed by atoms with Crippen LogP contribution in [0.15, 0.2) is 58.5 Å². The molecule has 2 aliphatic heterocycles. The maximum absolute atomic E-state index is 11.7. The van der Waals surface area contributed by atoms with Crippen LogP contribution in [0.25, 0.3) is 10.0 Å². The number of aliphatic imine (C=N–C) groups is 2. The molecule has 4 aromatic heterocycles. The van der Waals surface area contributed by atoms with Crippen LogP contribution >= 0.6 is 45.9 Å². The van der Waals surface area contributed by atoms with Crippen LogP contribution < -0.4 is 5.73 Å². The topological polar surface area (TPSA) is 167 Å². The van der Waals surface area contributed by atoms with E-state index in [1.807, 2.05) is 99.2 Å². The summed E-state index contributed by atoms with van der Waals surface area (Å²) in [5.74, 6) is 1.32. The zero-order valence-corrected chi connectivity index (χ0v) is 37.3. The van der Waals surface area contributed by atoms with E-state index in [0.29, 0.717) is 21.7 Å². The lowest BCUT2D eigenvalue weighted by atomic mass is 9.99. The molecule has 0 saturated carbocycles. The van der Waals surface area contributed by atoms with E-state index in [9.17, 15) is 14.7 Å². The molecule has 0 bridgehead atoms. The van der Waals surface area contributed by atoms with Crippen LogP contribution in [0, 0.1) is 41.5 Å². The molecule has 0 fully saturated rings. The van der Waals surface area contributed by atoms with Crippen LogP contribution in [0.5, 0.6) is 0 Å². The minimum Gasteiger partial charge on any atom is -0.481 e. The zero-order valence-electron chi connectivity index (χ0n) is 34.2. The third-order valence-electron chi connectivity index (χ3n) is 9.48. The highest BCUT2D eigenvalue weighted by atomic mass is 35.5. The van der Waals surface area contributed by atoms with Gasteiger partial charge < -0.3 is 10.8 Å². The SMILES string of the molecule is C.CC.CC.Cc1sc2c(c1C)C(c1ccc(Cl)cc1)=NC(CC(=O)O)c1nnc(C)n1-2.Cc1sc2c(c1C)C(c1ccc(Cl)cc1)=NC(CC(N)=O)c1nnc(C)n1-2. The molecule has 16 heteroatoms. The van der Waals surface area contributed by atoms with Gasteiger partial charge in [-0.1, -0.05) is 82.6 Å². The average molecular weight is 877 g/mol. The number of primary amides is 1. The molecule has 12 nitrogen and oxygen atoms in total. The van der Waals surface area contributed by atoms with Crippen LogP contribution in [0.1, 0.15) is 126 Å². The quantitative estimate of drug-likeness (QED) is 0.168. The van der Waals surface area contributed by atoms with E-state index < -0.39 is 24.0 Å². The molecule has 2 aromatic carbocycles. The highest BCUT2D eigenvalue weighted by molar-refractivity contribution is 7.15. The number of carboxylic acid groups (broad SMARTS) is 1. The molecule has 1 amide bonds. The number of nitrogens with zero attached hydrogens (tertiary/aromatic N) is 8. The summed E-state index contributed by atoms with van der Waals surface area (Å²) in [5.41, 5.74) is 13.2. The van der Waals surface area contributed by atoms with Gasteiger partial charge in [-0.2, -0.15) is 0 Å². The molecule has 3 N–H and O–H groups in total. The van der Waals surface area contributed by atoms with Crippen molar-refractivity contribution in [2.45, 2.75) is 102 Å². The first-order valence-corrected chi connectivity index (χ1v) is 21.3. The number of carboxylic acids is 1. The summed E-state index contributed by atoms with van der Waals surface area (Å²) in [4.78, 5) is 35.4. The monoisotopic (exact) mass is 875 g/mol. The normalized spacial score (nSPS) is 14.6. The van der Waals surface area contributed by atoms with E-state index in [4.69, 9.17) is 38.9 Å². The highest BCUT2D eigenvalue weighted by Crippen LogP contribution is 2.41. The molecule has 2 unspecified atom stereocenters. The van der Waals surface area contributed by atoms with Gasteiger partial charge in [-0.3, -0.25) is 28.7 Å². The van der Waals surface area contributed by atoms with Crippen molar-refractivity contribution < 1.29 is 14.7 Å². The Morgan fingerprint density at radius 3 is 1.34 bits per heavy atom.